The minimum absolute atomic E-state index is 0. The Labute approximate surface area is 157 Å². The molecule has 0 unspecified atom stereocenters. The van der Waals surface area contributed by atoms with Crippen molar-refractivity contribution in [1.82, 2.24) is 14.7 Å². The van der Waals surface area contributed by atoms with E-state index in [1.165, 1.54) is 0 Å². The van der Waals surface area contributed by atoms with E-state index in [1.807, 2.05) is 4.90 Å². The first kappa shape index (κ1) is 23.4. The zero-order chi connectivity index (χ0) is 16.1. The number of amides is 2. The summed E-state index contributed by atoms with van der Waals surface area (Å²) in [5.74, 6) is 0.988. The lowest BCUT2D eigenvalue weighted by atomic mass is 9.94. The van der Waals surface area contributed by atoms with E-state index in [-0.39, 0.29) is 36.6 Å². The maximum Gasteiger partial charge on any atom is 0.226 e. The number of piperazine rings is 1. The molecule has 24 heavy (non-hydrogen) atoms. The molecule has 2 aliphatic rings. The van der Waals surface area contributed by atoms with Crippen LogP contribution in [0.15, 0.2) is 0 Å². The number of nitrogens with zero attached hydrogens (tertiary/aromatic N) is 3. The van der Waals surface area contributed by atoms with Gasteiger partial charge in [0, 0.05) is 59.2 Å². The largest absolute Gasteiger partial charge is 0.349 e. The number of hydrogen-bond acceptors (Lipinski definition) is 4. The number of carbonyl (C=O) groups excluding carboxylic acids is 2. The monoisotopic (exact) mass is 382 g/mol. The Hall–Kier alpha value is -0.560. The molecule has 2 rings (SSSR count). The third kappa shape index (κ3) is 6.06. The Morgan fingerprint density at radius 2 is 1.71 bits per heavy atom. The van der Waals surface area contributed by atoms with Crippen LogP contribution in [-0.2, 0) is 9.59 Å². The summed E-state index contributed by atoms with van der Waals surface area (Å²) in [4.78, 5) is 30.2. The third-order valence-corrected chi connectivity index (χ3v) is 5.10. The summed E-state index contributed by atoms with van der Waals surface area (Å²) >= 11 is 0. The molecule has 2 atom stereocenters. The molecule has 8 heteroatoms. The first-order chi connectivity index (χ1) is 10.5. The summed E-state index contributed by atoms with van der Waals surface area (Å²) in [5, 5.41) is 0. The van der Waals surface area contributed by atoms with Gasteiger partial charge in [-0.1, -0.05) is 6.42 Å². The highest BCUT2D eigenvalue weighted by Gasteiger charge is 2.35. The Morgan fingerprint density at radius 3 is 2.25 bits per heavy atom. The van der Waals surface area contributed by atoms with Crippen molar-refractivity contribution >= 4 is 36.6 Å². The zero-order valence-corrected chi connectivity index (χ0v) is 16.4. The Kier molecular flexibility index (Phi) is 10.9. The van der Waals surface area contributed by atoms with E-state index in [0.717, 1.165) is 52.0 Å². The van der Waals surface area contributed by atoms with Crippen LogP contribution in [0.2, 0.25) is 0 Å². The first-order valence-corrected chi connectivity index (χ1v) is 8.44. The molecule has 1 aliphatic heterocycles. The van der Waals surface area contributed by atoms with Crippen LogP contribution in [0.1, 0.15) is 25.7 Å². The van der Waals surface area contributed by atoms with Crippen LogP contribution in [-0.4, -0.2) is 79.9 Å². The van der Waals surface area contributed by atoms with Gasteiger partial charge in [0.15, 0.2) is 0 Å². The highest BCUT2D eigenvalue weighted by atomic mass is 35.5. The molecule has 1 saturated carbocycles. The molecule has 0 spiro atoms. The summed E-state index contributed by atoms with van der Waals surface area (Å²) in [7, 11) is 3.57. The molecule has 0 aromatic rings. The summed E-state index contributed by atoms with van der Waals surface area (Å²) in [5.41, 5.74) is 5.79. The molecule has 2 amide bonds. The molecule has 1 heterocycles. The molecule has 0 aromatic carbocycles. The zero-order valence-electron chi connectivity index (χ0n) is 14.8. The van der Waals surface area contributed by atoms with Crippen LogP contribution in [0.5, 0.6) is 0 Å². The fraction of sp³-hybridized carbons (Fsp3) is 0.875. The predicted octanol–water partition coefficient (Wildman–Crippen LogP) is 0.827. The van der Waals surface area contributed by atoms with Crippen LogP contribution in [0, 0.1) is 11.8 Å². The van der Waals surface area contributed by atoms with Gasteiger partial charge in [-0.05, 0) is 25.3 Å². The molecular weight excluding hydrogens is 351 g/mol. The number of nitrogens with two attached hydrogens (primary N) is 1. The third-order valence-electron chi connectivity index (χ3n) is 5.10. The second-order valence-electron chi connectivity index (χ2n) is 6.74. The van der Waals surface area contributed by atoms with E-state index in [1.54, 1.807) is 19.0 Å². The minimum Gasteiger partial charge on any atom is -0.349 e. The molecule has 0 radical (unpaired) electrons. The van der Waals surface area contributed by atoms with Gasteiger partial charge in [-0.3, -0.25) is 14.5 Å². The molecule has 0 aromatic heterocycles. The highest BCUT2D eigenvalue weighted by Crippen LogP contribution is 2.32. The molecule has 2 N–H and O–H groups in total. The van der Waals surface area contributed by atoms with Crippen LogP contribution in [0.4, 0.5) is 0 Å². The van der Waals surface area contributed by atoms with Crippen molar-refractivity contribution in [2.45, 2.75) is 25.7 Å². The topological polar surface area (TPSA) is 69.9 Å². The molecule has 142 valence electrons. The molecular formula is C16H32Cl2N4O2. The SMILES string of the molecule is CN(C)C(=O)CCN1CCN(C(=O)[C@@H]2CCC[C@@H]2CN)CC1.Cl.Cl. The van der Waals surface area contributed by atoms with E-state index in [0.29, 0.717) is 24.8 Å². The van der Waals surface area contributed by atoms with Crippen molar-refractivity contribution in [3.8, 4) is 0 Å². The second-order valence-corrected chi connectivity index (χ2v) is 6.74. The molecule has 6 nitrogen and oxygen atoms in total. The smallest absolute Gasteiger partial charge is 0.226 e. The maximum atomic E-state index is 12.6. The number of carbonyl (C=O) groups is 2. The summed E-state index contributed by atoms with van der Waals surface area (Å²) in [6.45, 7) is 4.71. The van der Waals surface area contributed by atoms with Crippen molar-refractivity contribution in [3.05, 3.63) is 0 Å². The fourth-order valence-electron chi connectivity index (χ4n) is 3.55. The van der Waals surface area contributed by atoms with Gasteiger partial charge in [-0.15, -0.1) is 24.8 Å². The van der Waals surface area contributed by atoms with Gasteiger partial charge in [-0.2, -0.15) is 0 Å². The highest BCUT2D eigenvalue weighted by molar-refractivity contribution is 5.85. The van der Waals surface area contributed by atoms with Crippen molar-refractivity contribution < 1.29 is 9.59 Å². The number of hydrogen-bond donors (Lipinski definition) is 1. The Bertz CT molecular complexity index is 402. The van der Waals surface area contributed by atoms with Crippen LogP contribution in [0.3, 0.4) is 0 Å². The minimum atomic E-state index is 0. The van der Waals surface area contributed by atoms with Crippen LogP contribution < -0.4 is 5.73 Å². The summed E-state index contributed by atoms with van der Waals surface area (Å²) in [6.07, 6.45) is 3.78. The van der Waals surface area contributed by atoms with Gasteiger partial charge in [-0.25, -0.2) is 0 Å². The number of rotatable bonds is 5. The fourth-order valence-corrected chi connectivity index (χ4v) is 3.55. The predicted molar refractivity (Wildman–Crippen MR) is 101 cm³/mol. The summed E-state index contributed by atoms with van der Waals surface area (Å²) in [6, 6.07) is 0. The standard InChI is InChI=1S/C16H30N4O2.2ClH/c1-18(2)15(21)6-7-19-8-10-20(11-9-19)16(22)14-5-3-4-13(14)12-17;;/h13-14H,3-12,17H2,1-2H3;2*1H/t13-,14-;;/m1../s1. The van der Waals surface area contributed by atoms with E-state index >= 15 is 0 Å². The van der Waals surface area contributed by atoms with Crippen molar-refractivity contribution in [3.63, 3.8) is 0 Å². The lowest BCUT2D eigenvalue weighted by Gasteiger charge is -2.36. The van der Waals surface area contributed by atoms with E-state index in [4.69, 9.17) is 5.73 Å². The van der Waals surface area contributed by atoms with Gasteiger partial charge in [0.1, 0.15) is 0 Å². The van der Waals surface area contributed by atoms with Crippen molar-refractivity contribution in [2.75, 3.05) is 53.4 Å². The average Bonchev–Trinajstić information content (AvgIpc) is 3.00. The van der Waals surface area contributed by atoms with Gasteiger partial charge in [0.25, 0.3) is 0 Å². The van der Waals surface area contributed by atoms with Gasteiger partial charge < -0.3 is 15.5 Å². The Balaban J connectivity index is 0.00000264. The van der Waals surface area contributed by atoms with Gasteiger partial charge in [0.2, 0.25) is 11.8 Å². The van der Waals surface area contributed by atoms with Gasteiger partial charge in [0.05, 0.1) is 0 Å². The maximum absolute atomic E-state index is 12.6. The quantitative estimate of drug-likeness (QED) is 0.764. The van der Waals surface area contributed by atoms with Crippen molar-refractivity contribution in [2.24, 2.45) is 17.6 Å². The molecule has 1 saturated heterocycles. The normalized spacial score (nSPS) is 24.0. The first-order valence-electron chi connectivity index (χ1n) is 8.44. The van der Waals surface area contributed by atoms with Crippen molar-refractivity contribution in [1.29, 1.82) is 0 Å². The lowest BCUT2D eigenvalue weighted by molar-refractivity contribution is -0.138. The van der Waals surface area contributed by atoms with Gasteiger partial charge >= 0.3 is 0 Å². The second kappa shape index (κ2) is 11.1. The molecule has 0 bridgehead atoms. The van der Waals surface area contributed by atoms with E-state index in [2.05, 4.69) is 4.90 Å². The van der Waals surface area contributed by atoms with E-state index in [9.17, 15) is 9.59 Å². The Morgan fingerprint density at radius 1 is 1.08 bits per heavy atom. The average molecular weight is 383 g/mol. The van der Waals surface area contributed by atoms with Crippen LogP contribution >= 0.6 is 24.8 Å². The summed E-state index contributed by atoms with van der Waals surface area (Å²) < 4.78 is 0. The van der Waals surface area contributed by atoms with E-state index < -0.39 is 0 Å². The van der Waals surface area contributed by atoms with Crippen LogP contribution in [0.25, 0.3) is 0 Å². The molecule has 1 aliphatic carbocycles. The number of halogens is 2. The molecule has 2 fully saturated rings. The lowest BCUT2D eigenvalue weighted by Crippen LogP contribution is -2.51.